The van der Waals surface area contributed by atoms with Gasteiger partial charge < -0.3 is 15.6 Å². The van der Waals surface area contributed by atoms with Crippen LogP contribution in [0.2, 0.25) is 0 Å². The van der Waals surface area contributed by atoms with Gasteiger partial charge in [0.05, 0.1) is 5.69 Å². The highest BCUT2D eigenvalue weighted by atomic mass is 32.1. The van der Waals surface area contributed by atoms with E-state index in [1.54, 1.807) is 0 Å². The number of anilines is 1. The molecule has 1 fully saturated rings. The summed E-state index contributed by atoms with van der Waals surface area (Å²) in [5.74, 6) is -0.108. The molecular weight excluding hydrogens is 324 g/mol. The molecular formula is C17H22N4O2S. The van der Waals surface area contributed by atoms with Gasteiger partial charge in [0.25, 0.3) is 0 Å². The molecule has 24 heavy (non-hydrogen) atoms. The van der Waals surface area contributed by atoms with Gasteiger partial charge in [-0.2, -0.15) is 0 Å². The molecule has 1 saturated heterocycles. The zero-order chi connectivity index (χ0) is 16.9. The van der Waals surface area contributed by atoms with Crippen molar-refractivity contribution in [2.45, 2.75) is 19.9 Å². The SMILES string of the molecule is CC(=O)Nc1cccc(-c2[nH]c(=O)sc2CN2CCCNCC2)c1. The van der Waals surface area contributed by atoms with Gasteiger partial charge in [0.2, 0.25) is 5.91 Å². The van der Waals surface area contributed by atoms with Crippen molar-refractivity contribution in [2.24, 2.45) is 0 Å². The van der Waals surface area contributed by atoms with E-state index in [1.807, 2.05) is 24.3 Å². The van der Waals surface area contributed by atoms with Crippen LogP contribution in [-0.2, 0) is 11.3 Å². The van der Waals surface area contributed by atoms with E-state index < -0.39 is 0 Å². The van der Waals surface area contributed by atoms with Crippen molar-refractivity contribution in [1.82, 2.24) is 15.2 Å². The quantitative estimate of drug-likeness (QED) is 0.790. The topological polar surface area (TPSA) is 77.2 Å². The molecule has 0 radical (unpaired) electrons. The molecule has 3 rings (SSSR count). The van der Waals surface area contributed by atoms with E-state index in [2.05, 4.69) is 20.5 Å². The minimum Gasteiger partial charge on any atom is -0.326 e. The Balaban J connectivity index is 1.85. The smallest absolute Gasteiger partial charge is 0.305 e. The summed E-state index contributed by atoms with van der Waals surface area (Å²) >= 11 is 1.27. The van der Waals surface area contributed by atoms with Crippen LogP contribution in [0.3, 0.4) is 0 Å². The van der Waals surface area contributed by atoms with Crippen molar-refractivity contribution < 1.29 is 4.79 Å². The van der Waals surface area contributed by atoms with E-state index in [4.69, 9.17) is 0 Å². The van der Waals surface area contributed by atoms with E-state index in [-0.39, 0.29) is 10.8 Å². The van der Waals surface area contributed by atoms with Crippen molar-refractivity contribution in [1.29, 1.82) is 0 Å². The summed E-state index contributed by atoms with van der Waals surface area (Å²) in [7, 11) is 0. The molecule has 0 aliphatic carbocycles. The van der Waals surface area contributed by atoms with Crippen LogP contribution in [0.1, 0.15) is 18.2 Å². The minimum atomic E-state index is -0.108. The third kappa shape index (κ3) is 4.31. The second-order valence-corrected chi connectivity index (χ2v) is 7.02. The van der Waals surface area contributed by atoms with Crippen LogP contribution >= 0.6 is 11.3 Å². The third-order valence-electron chi connectivity index (χ3n) is 3.99. The van der Waals surface area contributed by atoms with Crippen molar-refractivity contribution in [3.63, 3.8) is 0 Å². The molecule has 0 spiro atoms. The van der Waals surface area contributed by atoms with Gasteiger partial charge in [0.15, 0.2) is 0 Å². The van der Waals surface area contributed by atoms with E-state index in [9.17, 15) is 9.59 Å². The van der Waals surface area contributed by atoms with Crippen molar-refractivity contribution >= 4 is 22.9 Å². The first-order chi connectivity index (χ1) is 11.6. The number of rotatable bonds is 4. The first-order valence-corrected chi connectivity index (χ1v) is 8.96. The average molecular weight is 346 g/mol. The summed E-state index contributed by atoms with van der Waals surface area (Å²) in [5, 5.41) is 6.18. The number of hydrogen-bond donors (Lipinski definition) is 3. The van der Waals surface area contributed by atoms with E-state index in [1.165, 1.54) is 18.3 Å². The second kappa shape index (κ2) is 7.74. The predicted octanol–water partition coefficient (Wildman–Crippen LogP) is 1.86. The summed E-state index contributed by atoms with van der Waals surface area (Å²) in [5.41, 5.74) is 2.51. The lowest BCUT2D eigenvalue weighted by atomic mass is 10.1. The number of aromatic nitrogens is 1. The Morgan fingerprint density at radius 1 is 1.33 bits per heavy atom. The molecule has 2 aromatic rings. The molecule has 128 valence electrons. The van der Waals surface area contributed by atoms with Crippen molar-refractivity contribution in [3.05, 3.63) is 38.8 Å². The number of thiazole rings is 1. The normalized spacial score (nSPS) is 15.9. The Morgan fingerprint density at radius 3 is 3.04 bits per heavy atom. The highest BCUT2D eigenvalue weighted by molar-refractivity contribution is 7.09. The second-order valence-electron chi connectivity index (χ2n) is 5.95. The Morgan fingerprint density at radius 2 is 2.21 bits per heavy atom. The molecule has 0 saturated carbocycles. The molecule has 1 amide bonds. The number of carbonyl (C=O) groups is 1. The van der Waals surface area contributed by atoms with Gasteiger partial charge in [-0.3, -0.25) is 14.5 Å². The summed E-state index contributed by atoms with van der Waals surface area (Å²) in [4.78, 5) is 29.5. The van der Waals surface area contributed by atoms with E-state index in [0.717, 1.165) is 61.0 Å². The Bertz CT molecular complexity index is 760. The fraction of sp³-hybridized carbons (Fsp3) is 0.412. The number of H-pyrrole nitrogens is 1. The number of benzene rings is 1. The first-order valence-electron chi connectivity index (χ1n) is 8.15. The Kier molecular flexibility index (Phi) is 5.44. The van der Waals surface area contributed by atoms with Crippen LogP contribution in [0.5, 0.6) is 0 Å². The van der Waals surface area contributed by atoms with E-state index >= 15 is 0 Å². The number of nitrogens with zero attached hydrogens (tertiary/aromatic N) is 1. The van der Waals surface area contributed by atoms with Gasteiger partial charge in [0.1, 0.15) is 0 Å². The molecule has 6 nitrogen and oxygen atoms in total. The summed E-state index contributed by atoms with van der Waals surface area (Å²) < 4.78 is 0. The van der Waals surface area contributed by atoms with Gasteiger partial charge >= 0.3 is 4.87 Å². The number of amides is 1. The van der Waals surface area contributed by atoms with Crippen LogP contribution in [-0.4, -0.2) is 42.0 Å². The van der Waals surface area contributed by atoms with Crippen molar-refractivity contribution in [2.75, 3.05) is 31.5 Å². The Hall–Kier alpha value is -1.96. The lowest BCUT2D eigenvalue weighted by Crippen LogP contribution is -2.27. The monoisotopic (exact) mass is 346 g/mol. The molecule has 1 aliphatic heterocycles. The highest BCUT2D eigenvalue weighted by Gasteiger charge is 2.16. The summed E-state index contributed by atoms with van der Waals surface area (Å²) in [6.45, 7) is 6.29. The zero-order valence-corrected chi connectivity index (χ0v) is 14.5. The van der Waals surface area contributed by atoms with Crippen LogP contribution < -0.4 is 15.5 Å². The van der Waals surface area contributed by atoms with Crippen LogP contribution in [0, 0.1) is 0 Å². The van der Waals surface area contributed by atoms with Gasteiger partial charge in [-0.25, -0.2) is 0 Å². The van der Waals surface area contributed by atoms with Gasteiger partial charge in [0, 0.05) is 42.7 Å². The average Bonchev–Trinajstić information content (AvgIpc) is 2.73. The Labute approximate surface area is 144 Å². The highest BCUT2D eigenvalue weighted by Crippen LogP contribution is 2.27. The molecule has 1 aromatic carbocycles. The maximum absolute atomic E-state index is 11.9. The zero-order valence-electron chi connectivity index (χ0n) is 13.7. The van der Waals surface area contributed by atoms with Crippen LogP contribution in [0.15, 0.2) is 29.1 Å². The number of hydrogen-bond acceptors (Lipinski definition) is 5. The summed E-state index contributed by atoms with van der Waals surface area (Å²) in [6, 6.07) is 7.58. The van der Waals surface area contributed by atoms with Crippen molar-refractivity contribution in [3.8, 4) is 11.3 Å². The maximum atomic E-state index is 11.9. The van der Waals surface area contributed by atoms with E-state index in [0.29, 0.717) is 0 Å². The minimum absolute atomic E-state index is 0.0436. The molecule has 1 aromatic heterocycles. The molecule has 2 heterocycles. The molecule has 7 heteroatoms. The fourth-order valence-electron chi connectivity index (χ4n) is 2.92. The molecule has 0 atom stereocenters. The van der Waals surface area contributed by atoms with Crippen LogP contribution in [0.25, 0.3) is 11.3 Å². The van der Waals surface area contributed by atoms with Gasteiger partial charge in [-0.15, -0.1) is 0 Å². The number of aromatic amines is 1. The van der Waals surface area contributed by atoms with Crippen LogP contribution in [0.4, 0.5) is 5.69 Å². The molecule has 0 bridgehead atoms. The molecule has 1 aliphatic rings. The largest absolute Gasteiger partial charge is 0.326 e. The number of nitrogens with one attached hydrogen (secondary N) is 3. The lowest BCUT2D eigenvalue weighted by molar-refractivity contribution is -0.114. The van der Waals surface area contributed by atoms with Gasteiger partial charge in [-0.1, -0.05) is 23.5 Å². The fourth-order valence-corrected chi connectivity index (χ4v) is 3.82. The number of carbonyl (C=O) groups excluding carboxylic acids is 1. The third-order valence-corrected chi connectivity index (χ3v) is 4.86. The predicted molar refractivity (Wildman–Crippen MR) is 97.4 cm³/mol. The standard InChI is InChI=1S/C17H22N4O2S/c1-12(22)19-14-5-2-4-13(10-14)16-15(24-17(23)20-16)11-21-8-3-6-18-7-9-21/h2,4-5,10,18H,3,6-9,11H2,1H3,(H,19,22)(H,20,23). The lowest BCUT2D eigenvalue weighted by Gasteiger charge is -2.19. The molecule has 3 N–H and O–H groups in total. The maximum Gasteiger partial charge on any atom is 0.305 e. The van der Waals surface area contributed by atoms with Gasteiger partial charge in [-0.05, 0) is 31.6 Å². The first kappa shape index (κ1) is 16.9. The molecule has 0 unspecified atom stereocenters. The summed E-state index contributed by atoms with van der Waals surface area (Å²) in [6.07, 6.45) is 1.12.